The molecule has 0 saturated carbocycles. The van der Waals surface area contributed by atoms with Crippen LogP contribution >= 0.6 is 0 Å². The van der Waals surface area contributed by atoms with Crippen LogP contribution in [0.15, 0.2) is 53.6 Å². The lowest BCUT2D eigenvalue weighted by Gasteiger charge is -2.38. The van der Waals surface area contributed by atoms with Crippen molar-refractivity contribution in [2.24, 2.45) is 4.99 Å². The fourth-order valence-electron chi connectivity index (χ4n) is 4.66. The van der Waals surface area contributed by atoms with Crippen LogP contribution in [0.3, 0.4) is 0 Å². The average Bonchev–Trinajstić information content (AvgIpc) is 3.42. The maximum atomic E-state index is 11.5. The summed E-state index contributed by atoms with van der Waals surface area (Å²) in [5.74, 6) is -2.49. The van der Waals surface area contributed by atoms with E-state index in [0.717, 1.165) is 0 Å². The van der Waals surface area contributed by atoms with Crippen LogP contribution in [0.25, 0.3) is 5.76 Å². The van der Waals surface area contributed by atoms with Gasteiger partial charge in [-0.25, -0.2) is 4.79 Å². The van der Waals surface area contributed by atoms with E-state index >= 15 is 0 Å². The van der Waals surface area contributed by atoms with Gasteiger partial charge in [0.15, 0.2) is 29.4 Å². The van der Waals surface area contributed by atoms with E-state index in [1.54, 1.807) is 36.4 Å². The molecule has 15 nitrogen and oxygen atoms in total. The van der Waals surface area contributed by atoms with Gasteiger partial charge in [-0.3, -0.25) is 5.41 Å². The number of aliphatic hydroxyl groups excluding tert-OH is 5. The number of phenols is 1. The van der Waals surface area contributed by atoms with Gasteiger partial charge in [0.05, 0.1) is 7.11 Å². The maximum absolute atomic E-state index is 11.5. The lowest BCUT2D eigenvalue weighted by molar-refractivity contribution is -0.271. The molecule has 43 heavy (non-hydrogen) atoms. The van der Waals surface area contributed by atoms with Crippen molar-refractivity contribution in [2.75, 3.05) is 13.7 Å². The topological polar surface area (TPSA) is 243 Å². The normalized spacial score (nSPS) is 27.0. The highest BCUT2D eigenvalue weighted by Crippen LogP contribution is 2.50. The van der Waals surface area contributed by atoms with Crippen LogP contribution in [0, 0.1) is 0 Å². The number of rotatable bonds is 9. The Bertz CT molecular complexity index is 1500. The van der Waals surface area contributed by atoms with E-state index in [-0.39, 0.29) is 35.2 Å². The van der Waals surface area contributed by atoms with Gasteiger partial charge in [0, 0.05) is 18.2 Å². The number of benzene rings is 2. The first-order valence-corrected chi connectivity index (χ1v) is 12.9. The Balaban J connectivity index is 1.34. The minimum Gasteiger partial charge on any atom is -0.507 e. The Morgan fingerprint density at radius 1 is 1.09 bits per heavy atom. The molecule has 0 amide bonds. The van der Waals surface area contributed by atoms with Gasteiger partial charge in [-0.05, 0) is 28.8 Å². The zero-order valence-corrected chi connectivity index (χ0v) is 22.5. The number of carboxylic acids is 1. The predicted octanol–water partition coefficient (Wildman–Crippen LogP) is -1.39. The Kier molecular flexibility index (Phi) is 8.25. The summed E-state index contributed by atoms with van der Waals surface area (Å²) in [5, 5.41) is 77.2. The summed E-state index contributed by atoms with van der Waals surface area (Å²) in [6, 6.07) is 7.78. The van der Waals surface area contributed by atoms with Crippen LogP contribution in [-0.4, -0.2) is 104 Å². The van der Waals surface area contributed by atoms with E-state index in [1.807, 2.05) is 0 Å². The van der Waals surface area contributed by atoms with Crippen molar-refractivity contribution >= 4 is 23.3 Å². The molecule has 2 aromatic carbocycles. The fraction of sp³-hybridized carbons (Fsp3) is 0.321. The largest absolute Gasteiger partial charge is 0.507 e. The molecule has 0 spiro atoms. The van der Waals surface area contributed by atoms with Crippen LogP contribution in [0.1, 0.15) is 17.2 Å². The number of methoxy groups -OCH3 is 1. The SMILES string of the molecule is COc1c(O[C@@H]2O[C@H](C(=O)O)[C@@H](O)[C@@H](O)[C@H]2O)cc2c(c1O)C(O)=CC(c1ccc(OC[C@H](O)C3=NC(=[NH2+])C=C3)cc1)O2. The van der Waals surface area contributed by atoms with Gasteiger partial charge in [0.25, 0.3) is 0 Å². The zero-order chi connectivity index (χ0) is 31.0. The van der Waals surface area contributed by atoms with Gasteiger partial charge in [-0.15, -0.1) is 0 Å². The highest BCUT2D eigenvalue weighted by Gasteiger charge is 2.48. The molecule has 0 aliphatic carbocycles. The molecule has 1 unspecified atom stereocenters. The van der Waals surface area contributed by atoms with Crippen molar-refractivity contribution in [3.63, 3.8) is 0 Å². The second kappa shape index (κ2) is 11.9. The Morgan fingerprint density at radius 3 is 2.44 bits per heavy atom. The molecule has 7 atom stereocenters. The van der Waals surface area contributed by atoms with Crippen molar-refractivity contribution in [1.82, 2.24) is 0 Å². The van der Waals surface area contributed by atoms with Gasteiger partial charge in [0.1, 0.15) is 53.8 Å². The highest BCUT2D eigenvalue weighted by atomic mass is 16.7. The zero-order valence-electron chi connectivity index (χ0n) is 22.5. The van der Waals surface area contributed by atoms with E-state index in [2.05, 4.69) is 4.99 Å². The molecule has 3 heterocycles. The highest BCUT2D eigenvalue weighted by molar-refractivity contribution is 6.14. The molecule has 3 aliphatic heterocycles. The molecule has 5 rings (SSSR count). The fourth-order valence-corrected chi connectivity index (χ4v) is 4.66. The minimum atomic E-state index is -1.93. The predicted molar refractivity (Wildman–Crippen MR) is 145 cm³/mol. The molecule has 0 aromatic heterocycles. The number of carbonyl (C=O) groups is 1. The molecule has 9 N–H and O–H groups in total. The van der Waals surface area contributed by atoms with Gasteiger partial charge in [-0.2, -0.15) is 0 Å². The monoisotopic (exact) mass is 601 g/mol. The number of aliphatic carboxylic acids is 1. The molecule has 228 valence electrons. The molecular weight excluding hydrogens is 572 g/mol. The summed E-state index contributed by atoms with van der Waals surface area (Å²) in [7, 11) is 1.19. The third kappa shape index (κ3) is 5.84. The van der Waals surface area contributed by atoms with Crippen molar-refractivity contribution in [1.29, 1.82) is 0 Å². The number of fused-ring (bicyclic) bond motifs is 1. The number of hydrogen-bond acceptors (Lipinski definition) is 12. The Hall–Kier alpha value is -4.67. The summed E-state index contributed by atoms with van der Waals surface area (Å²) in [4.78, 5) is 15.5. The molecule has 3 aliphatic rings. The smallest absolute Gasteiger partial charge is 0.335 e. The van der Waals surface area contributed by atoms with Crippen LogP contribution in [0.4, 0.5) is 0 Å². The first-order chi connectivity index (χ1) is 20.5. The second-order valence-electron chi connectivity index (χ2n) is 9.76. The number of ether oxygens (including phenoxy) is 5. The van der Waals surface area contributed by atoms with Crippen molar-refractivity contribution in [3.05, 3.63) is 59.7 Å². The van der Waals surface area contributed by atoms with E-state index in [1.165, 1.54) is 19.3 Å². The lowest BCUT2D eigenvalue weighted by atomic mass is 9.99. The average molecular weight is 602 g/mol. The molecule has 1 fully saturated rings. The van der Waals surface area contributed by atoms with Crippen molar-refractivity contribution < 1.29 is 69.6 Å². The van der Waals surface area contributed by atoms with Gasteiger partial charge in [-0.1, -0.05) is 12.1 Å². The number of amidine groups is 1. The first kappa shape index (κ1) is 29.8. The van der Waals surface area contributed by atoms with E-state index in [4.69, 9.17) is 29.1 Å². The molecule has 2 aromatic rings. The van der Waals surface area contributed by atoms with Crippen LogP contribution < -0.4 is 24.4 Å². The Labute approximate surface area is 243 Å². The molecule has 1 saturated heterocycles. The number of carboxylic acid groups (broad SMARTS) is 1. The number of nitrogens with zero attached hydrogens (tertiary/aromatic N) is 1. The van der Waals surface area contributed by atoms with Gasteiger partial charge < -0.3 is 59.4 Å². The summed E-state index contributed by atoms with van der Waals surface area (Å²) < 4.78 is 27.6. The van der Waals surface area contributed by atoms with Crippen LogP contribution in [0.2, 0.25) is 0 Å². The standard InChI is InChI=1S/C28H28N2O13/c1-39-25-18(42-28-24(36)22(34)23(35)26(43-28)27(37)38)9-17-20(21(25)33)14(31)8-16(41-17)11-2-4-12(5-3-11)40-10-15(32)13-6-7-19(29)30-13/h2-9,15-16,22-24,26,28-29,31-36H,10H2,1H3,(H,37,38)/p+1/t15-,16?,22+,23-,24+,26-,28+/m0/s1. The van der Waals surface area contributed by atoms with Crippen LogP contribution in [-0.2, 0) is 9.53 Å². The van der Waals surface area contributed by atoms with E-state index in [9.17, 15) is 40.5 Å². The summed E-state index contributed by atoms with van der Waals surface area (Å²) >= 11 is 0. The number of aliphatic imine (C=N–C) groups is 1. The third-order valence-corrected chi connectivity index (χ3v) is 6.90. The number of phenolic OH excluding ortho intramolecular Hbond substituents is 1. The number of nitrogens with two attached hydrogens (primary N) is 1. The van der Waals surface area contributed by atoms with E-state index < -0.39 is 54.6 Å². The van der Waals surface area contributed by atoms with Crippen LogP contribution in [0.5, 0.6) is 28.7 Å². The second-order valence-corrected chi connectivity index (χ2v) is 9.76. The lowest BCUT2D eigenvalue weighted by Crippen LogP contribution is -2.61. The van der Waals surface area contributed by atoms with Crippen molar-refractivity contribution in [3.8, 4) is 28.7 Å². The molecule has 15 heteroatoms. The van der Waals surface area contributed by atoms with E-state index in [0.29, 0.717) is 22.9 Å². The molecule has 0 bridgehead atoms. The number of hydrogen-bond donors (Lipinski definition) is 8. The van der Waals surface area contributed by atoms with Crippen molar-refractivity contribution in [2.45, 2.75) is 42.9 Å². The van der Waals surface area contributed by atoms with Gasteiger partial charge in [0.2, 0.25) is 12.0 Å². The van der Waals surface area contributed by atoms with Gasteiger partial charge >= 0.3 is 11.8 Å². The summed E-state index contributed by atoms with van der Waals surface area (Å²) in [6.07, 6.45) is -6.79. The number of aromatic hydroxyl groups is 1. The number of aliphatic hydroxyl groups is 5. The molecular formula is C28H29N2O13+. The molecule has 0 radical (unpaired) electrons. The maximum Gasteiger partial charge on any atom is 0.335 e. The third-order valence-electron chi connectivity index (χ3n) is 6.90. The first-order valence-electron chi connectivity index (χ1n) is 12.9. The minimum absolute atomic E-state index is 0.0658. The Morgan fingerprint density at radius 2 is 1.81 bits per heavy atom. The summed E-state index contributed by atoms with van der Waals surface area (Å²) in [6.45, 7) is -0.0731. The quantitative estimate of drug-likeness (QED) is 0.165. The summed E-state index contributed by atoms with van der Waals surface area (Å²) in [5.41, 5.74) is 0.827.